The molecule has 0 bridgehead atoms. The van der Waals surface area contributed by atoms with Crippen molar-refractivity contribution in [2.24, 2.45) is 0 Å². The van der Waals surface area contributed by atoms with Gasteiger partial charge in [0.25, 0.3) is 0 Å². The molecule has 0 aliphatic rings. The predicted octanol–water partition coefficient (Wildman–Crippen LogP) is 5.56. The summed E-state index contributed by atoms with van der Waals surface area (Å²) in [5, 5.41) is 2.96. The van der Waals surface area contributed by atoms with Crippen molar-refractivity contribution >= 4 is 16.1 Å². The van der Waals surface area contributed by atoms with Gasteiger partial charge in [0.1, 0.15) is 0 Å². The first-order chi connectivity index (χ1) is 10.8. The van der Waals surface area contributed by atoms with Gasteiger partial charge in [-0.05, 0) is 12.8 Å². The molecule has 0 aromatic rings. The maximum absolute atomic E-state index is 11.5. The lowest BCUT2D eigenvalue weighted by atomic mass is 10.0. The molecule has 0 atom stereocenters. The number of rotatable bonds is 17. The van der Waals surface area contributed by atoms with Crippen molar-refractivity contribution in [3.63, 3.8) is 0 Å². The summed E-state index contributed by atoms with van der Waals surface area (Å²) in [6, 6.07) is 0.957. The Morgan fingerprint density at radius 2 is 1.18 bits per heavy atom. The molecule has 3 heteroatoms. The molecule has 0 saturated carbocycles. The van der Waals surface area contributed by atoms with Crippen LogP contribution in [0.4, 0.5) is 0 Å². The molecule has 0 unspecified atom stereocenters. The van der Waals surface area contributed by atoms with Crippen LogP contribution in [0.5, 0.6) is 0 Å². The quantitative estimate of drug-likeness (QED) is 0.275. The van der Waals surface area contributed by atoms with Gasteiger partial charge in [0.15, 0.2) is 0 Å². The molecule has 0 aliphatic carbocycles. The fraction of sp³-hybridized carbons (Fsp3) is 0.947. The van der Waals surface area contributed by atoms with E-state index in [1.165, 1.54) is 77.0 Å². The van der Waals surface area contributed by atoms with Crippen LogP contribution in [0.3, 0.4) is 0 Å². The van der Waals surface area contributed by atoms with E-state index < -0.39 is 0 Å². The van der Waals surface area contributed by atoms with Gasteiger partial charge in [-0.1, -0.05) is 90.0 Å². The Morgan fingerprint density at radius 3 is 1.64 bits per heavy atom. The summed E-state index contributed by atoms with van der Waals surface area (Å²) in [6.45, 7) is 3.08. The van der Waals surface area contributed by atoms with Crippen molar-refractivity contribution in [1.82, 2.24) is 5.32 Å². The molecule has 2 nitrogen and oxygen atoms in total. The van der Waals surface area contributed by atoms with Gasteiger partial charge in [-0.2, -0.15) is 0 Å². The monoisotopic (exact) mass is 324 g/mol. The summed E-state index contributed by atoms with van der Waals surface area (Å²) in [4.78, 5) is 11.5. The fourth-order valence-electron chi connectivity index (χ4n) is 2.71. The number of amides is 1. The molecule has 0 rings (SSSR count). The molecule has 0 aromatic carbocycles. The first-order valence-corrected chi connectivity index (χ1v) is 10.4. The Balaban J connectivity index is 3.06. The fourth-order valence-corrected chi connectivity index (χ4v) is 2.88. The highest BCUT2D eigenvalue weighted by Crippen LogP contribution is 2.12. The van der Waals surface area contributed by atoms with E-state index in [0.717, 1.165) is 25.4 Å². The molecule has 0 spiro atoms. The van der Waals surface area contributed by atoms with E-state index in [4.69, 9.17) is 0 Å². The summed E-state index contributed by atoms with van der Waals surface area (Å²) < 4.78 is 0. The van der Waals surface area contributed by atoms with Crippen molar-refractivity contribution in [3.05, 3.63) is 0 Å². The first kappa shape index (κ1) is 21.7. The third-order valence-corrected chi connectivity index (χ3v) is 4.54. The average Bonchev–Trinajstić information content (AvgIpc) is 2.52. The summed E-state index contributed by atoms with van der Waals surface area (Å²) in [5.74, 6) is 0.225. The van der Waals surface area contributed by atoms with E-state index in [0.29, 0.717) is 6.42 Å². The minimum atomic E-state index is 0.225. The summed E-state index contributed by atoms with van der Waals surface area (Å²) in [7, 11) is 3.41. The van der Waals surface area contributed by atoms with E-state index in [9.17, 15) is 4.79 Å². The topological polar surface area (TPSA) is 29.1 Å². The van der Waals surface area contributed by atoms with Crippen LogP contribution < -0.4 is 5.32 Å². The second-order valence-electron chi connectivity index (χ2n) is 6.45. The lowest BCUT2D eigenvalue weighted by molar-refractivity contribution is -0.121. The number of nitrogens with one attached hydrogen (secondary N) is 1. The SMILES string of the molecule is CCCCCCCCCCCCCCCC(=O)NCCC[Si]. The molecule has 0 aliphatic heterocycles. The molecule has 1 N–H and O–H groups in total. The van der Waals surface area contributed by atoms with Crippen molar-refractivity contribution in [2.45, 2.75) is 109 Å². The Morgan fingerprint density at radius 1 is 0.727 bits per heavy atom. The summed E-state index contributed by atoms with van der Waals surface area (Å²) in [5.41, 5.74) is 0. The summed E-state index contributed by atoms with van der Waals surface area (Å²) in [6.07, 6.45) is 19.3. The minimum absolute atomic E-state index is 0.225. The van der Waals surface area contributed by atoms with Crippen LogP contribution in [0, 0.1) is 0 Å². The van der Waals surface area contributed by atoms with Crippen LogP contribution in [0.15, 0.2) is 0 Å². The van der Waals surface area contributed by atoms with Gasteiger partial charge in [-0.15, -0.1) is 0 Å². The lowest BCUT2D eigenvalue weighted by Gasteiger charge is -2.04. The van der Waals surface area contributed by atoms with Gasteiger partial charge in [-0.25, -0.2) is 0 Å². The Bertz CT molecular complexity index is 233. The van der Waals surface area contributed by atoms with Crippen LogP contribution in [-0.4, -0.2) is 22.7 Å². The zero-order valence-electron chi connectivity index (χ0n) is 14.9. The van der Waals surface area contributed by atoms with Crippen LogP contribution >= 0.6 is 0 Å². The molecule has 129 valence electrons. The van der Waals surface area contributed by atoms with Crippen molar-refractivity contribution < 1.29 is 4.79 Å². The highest BCUT2D eigenvalue weighted by molar-refractivity contribution is 6.08. The molecule has 3 radical (unpaired) electrons. The first-order valence-electron chi connectivity index (χ1n) is 9.72. The third kappa shape index (κ3) is 17.7. The third-order valence-electron chi connectivity index (χ3n) is 4.18. The van der Waals surface area contributed by atoms with Crippen LogP contribution in [-0.2, 0) is 4.79 Å². The van der Waals surface area contributed by atoms with Crippen molar-refractivity contribution in [1.29, 1.82) is 0 Å². The van der Waals surface area contributed by atoms with Gasteiger partial charge in [0.2, 0.25) is 5.91 Å². The Hall–Kier alpha value is -0.313. The van der Waals surface area contributed by atoms with E-state index in [1.54, 1.807) is 0 Å². The minimum Gasteiger partial charge on any atom is -0.356 e. The molecule has 0 heterocycles. The molecule has 0 aromatic heterocycles. The molecular weight excluding hydrogens is 286 g/mol. The number of unbranched alkanes of at least 4 members (excludes halogenated alkanes) is 12. The molecular formula is C19H38NOSi. The largest absolute Gasteiger partial charge is 0.356 e. The number of hydrogen-bond acceptors (Lipinski definition) is 1. The van der Waals surface area contributed by atoms with Crippen molar-refractivity contribution in [2.75, 3.05) is 6.54 Å². The van der Waals surface area contributed by atoms with Gasteiger partial charge in [-0.3, -0.25) is 4.79 Å². The van der Waals surface area contributed by atoms with E-state index in [2.05, 4.69) is 22.5 Å². The zero-order valence-corrected chi connectivity index (χ0v) is 15.9. The smallest absolute Gasteiger partial charge is 0.219 e. The highest BCUT2D eigenvalue weighted by atomic mass is 28.1. The number of carbonyl (C=O) groups excluding carboxylic acids is 1. The average molecular weight is 325 g/mol. The van der Waals surface area contributed by atoms with E-state index >= 15 is 0 Å². The molecule has 22 heavy (non-hydrogen) atoms. The van der Waals surface area contributed by atoms with Crippen LogP contribution in [0.1, 0.15) is 103 Å². The molecule has 0 saturated heterocycles. The van der Waals surface area contributed by atoms with E-state index in [-0.39, 0.29) is 5.91 Å². The Labute approximate surface area is 142 Å². The predicted molar refractivity (Wildman–Crippen MR) is 98.5 cm³/mol. The van der Waals surface area contributed by atoms with Gasteiger partial charge in [0, 0.05) is 23.2 Å². The maximum Gasteiger partial charge on any atom is 0.219 e. The van der Waals surface area contributed by atoms with Gasteiger partial charge in [0.05, 0.1) is 0 Å². The van der Waals surface area contributed by atoms with Gasteiger partial charge >= 0.3 is 0 Å². The molecule has 0 fully saturated rings. The second kappa shape index (κ2) is 18.7. The van der Waals surface area contributed by atoms with Crippen LogP contribution in [0.25, 0.3) is 0 Å². The lowest BCUT2D eigenvalue weighted by Crippen LogP contribution is -2.23. The number of hydrogen-bond donors (Lipinski definition) is 1. The normalized spacial score (nSPS) is 10.8. The second-order valence-corrected chi connectivity index (χ2v) is 6.95. The van der Waals surface area contributed by atoms with Gasteiger partial charge < -0.3 is 5.32 Å². The maximum atomic E-state index is 11.5. The Kier molecular flexibility index (Phi) is 18.5. The zero-order chi connectivity index (χ0) is 16.3. The summed E-state index contributed by atoms with van der Waals surface area (Å²) >= 11 is 0. The number of carbonyl (C=O) groups is 1. The highest BCUT2D eigenvalue weighted by Gasteiger charge is 1.99. The van der Waals surface area contributed by atoms with Crippen LogP contribution in [0.2, 0.25) is 6.04 Å². The van der Waals surface area contributed by atoms with Crippen molar-refractivity contribution in [3.8, 4) is 0 Å². The van der Waals surface area contributed by atoms with E-state index in [1.807, 2.05) is 0 Å². The standard InChI is InChI=1S/C19H38NOSi/c1-2-3-4-5-6-7-8-9-10-11-12-13-14-16-19(21)20-17-15-18-22/h2-18H2,1H3,(H,20,21). The molecule has 1 amide bonds.